The number of hydrogen-bond donors (Lipinski definition) is 1. The van der Waals surface area contributed by atoms with E-state index in [9.17, 15) is 9.18 Å². The highest BCUT2D eigenvalue weighted by Crippen LogP contribution is 2.16. The lowest BCUT2D eigenvalue weighted by atomic mass is 10.1. The van der Waals surface area contributed by atoms with Crippen LogP contribution in [0.2, 0.25) is 0 Å². The molecule has 1 aliphatic heterocycles. The first-order valence-electron chi connectivity index (χ1n) is 6.41. The van der Waals surface area contributed by atoms with E-state index in [0.29, 0.717) is 25.3 Å². The molecule has 4 heteroatoms. The van der Waals surface area contributed by atoms with Gasteiger partial charge in [0, 0.05) is 19.5 Å². The zero-order valence-electron chi connectivity index (χ0n) is 10.4. The topological polar surface area (TPSA) is 46.3 Å². The number of benzene rings is 1. The fourth-order valence-corrected chi connectivity index (χ4v) is 2.31. The molecule has 1 aromatic rings. The summed E-state index contributed by atoms with van der Waals surface area (Å²) in [6.07, 6.45) is 2.17. The zero-order valence-corrected chi connectivity index (χ0v) is 10.4. The molecular weight excluding hydrogens is 231 g/mol. The third-order valence-electron chi connectivity index (χ3n) is 3.51. The maximum atomic E-state index is 12.7. The van der Waals surface area contributed by atoms with Gasteiger partial charge in [-0.3, -0.25) is 4.79 Å². The molecule has 1 amide bonds. The normalized spacial score (nSPS) is 19.2. The Morgan fingerprint density at radius 1 is 1.39 bits per heavy atom. The van der Waals surface area contributed by atoms with Crippen molar-refractivity contribution in [2.24, 2.45) is 11.7 Å². The molecule has 1 aromatic carbocycles. The van der Waals surface area contributed by atoms with Gasteiger partial charge in [-0.25, -0.2) is 4.39 Å². The monoisotopic (exact) mass is 250 g/mol. The summed E-state index contributed by atoms with van der Waals surface area (Å²) in [6.45, 7) is 2.27. The van der Waals surface area contributed by atoms with Crippen molar-refractivity contribution in [2.45, 2.75) is 19.3 Å². The summed E-state index contributed by atoms with van der Waals surface area (Å²) >= 11 is 0. The van der Waals surface area contributed by atoms with Gasteiger partial charge >= 0.3 is 0 Å². The second kappa shape index (κ2) is 5.96. The Labute approximate surface area is 107 Å². The number of aryl methyl sites for hydroxylation is 1. The Balaban J connectivity index is 1.80. The van der Waals surface area contributed by atoms with E-state index in [-0.39, 0.29) is 11.7 Å². The molecular formula is C14H19FN2O. The summed E-state index contributed by atoms with van der Waals surface area (Å²) in [7, 11) is 0. The van der Waals surface area contributed by atoms with Crippen LogP contribution >= 0.6 is 0 Å². The first-order valence-corrected chi connectivity index (χ1v) is 6.41. The van der Waals surface area contributed by atoms with Crippen LogP contribution in [-0.4, -0.2) is 30.4 Å². The summed E-state index contributed by atoms with van der Waals surface area (Å²) in [5, 5.41) is 0. The minimum Gasteiger partial charge on any atom is -0.342 e. The molecule has 3 nitrogen and oxygen atoms in total. The predicted molar refractivity (Wildman–Crippen MR) is 68.5 cm³/mol. The minimum absolute atomic E-state index is 0.176. The largest absolute Gasteiger partial charge is 0.342 e. The number of likely N-dealkylation sites (tertiary alicyclic amines) is 1. The van der Waals surface area contributed by atoms with Gasteiger partial charge in [0.15, 0.2) is 0 Å². The molecule has 0 bridgehead atoms. The van der Waals surface area contributed by atoms with Crippen LogP contribution in [0.1, 0.15) is 18.4 Å². The van der Waals surface area contributed by atoms with Gasteiger partial charge in [-0.2, -0.15) is 0 Å². The number of halogens is 1. The smallest absolute Gasteiger partial charge is 0.222 e. The molecule has 0 aliphatic carbocycles. The van der Waals surface area contributed by atoms with Gasteiger partial charge < -0.3 is 10.6 Å². The van der Waals surface area contributed by atoms with E-state index in [0.717, 1.165) is 25.1 Å². The lowest BCUT2D eigenvalue weighted by molar-refractivity contribution is -0.130. The third-order valence-corrected chi connectivity index (χ3v) is 3.51. The van der Waals surface area contributed by atoms with E-state index in [1.54, 1.807) is 12.1 Å². The second-order valence-corrected chi connectivity index (χ2v) is 4.86. The Bertz CT molecular complexity index is 405. The molecule has 0 radical (unpaired) electrons. The van der Waals surface area contributed by atoms with Crippen LogP contribution in [0.4, 0.5) is 4.39 Å². The molecule has 1 fully saturated rings. The van der Waals surface area contributed by atoms with Crippen LogP contribution in [0.25, 0.3) is 0 Å². The van der Waals surface area contributed by atoms with Crippen molar-refractivity contribution in [3.05, 3.63) is 35.6 Å². The highest BCUT2D eigenvalue weighted by atomic mass is 19.1. The van der Waals surface area contributed by atoms with E-state index >= 15 is 0 Å². The number of nitrogens with zero attached hydrogens (tertiary/aromatic N) is 1. The number of carbonyl (C=O) groups is 1. The third kappa shape index (κ3) is 3.29. The van der Waals surface area contributed by atoms with E-state index in [1.165, 1.54) is 12.1 Å². The fourth-order valence-electron chi connectivity index (χ4n) is 2.31. The van der Waals surface area contributed by atoms with Crippen LogP contribution < -0.4 is 5.73 Å². The van der Waals surface area contributed by atoms with Crippen LogP contribution in [-0.2, 0) is 11.2 Å². The van der Waals surface area contributed by atoms with Gasteiger partial charge in [-0.1, -0.05) is 12.1 Å². The molecule has 1 saturated heterocycles. The quantitative estimate of drug-likeness (QED) is 0.881. The Kier molecular flexibility index (Phi) is 4.31. The summed E-state index contributed by atoms with van der Waals surface area (Å²) < 4.78 is 12.7. The molecule has 98 valence electrons. The van der Waals surface area contributed by atoms with Crippen molar-refractivity contribution in [3.8, 4) is 0 Å². The van der Waals surface area contributed by atoms with Gasteiger partial charge in [-0.15, -0.1) is 0 Å². The lowest BCUT2D eigenvalue weighted by Gasteiger charge is -2.16. The summed E-state index contributed by atoms with van der Waals surface area (Å²) in [5.74, 6) is 0.394. The van der Waals surface area contributed by atoms with Crippen molar-refractivity contribution in [2.75, 3.05) is 19.6 Å². The minimum atomic E-state index is -0.240. The number of hydrogen-bond acceptors (Lipinski definition) is 2. The maximum Gasteiger partial charge on any atom is 0.222 e. The van der Waals surface area contributed by atoms with Crippen molar-refractivity contribution >= 4 is 5.91 Å². The highest BCUT2D eigenvalue weighted by Gasteiger charge is 2.24. The number of rotatable bonds is 4. The number of nitrogens with two attached hydrogens (primary N) is 1. The van der Waals surface area contributed by atoms with Gasteiger partial charge in [0.2, 0.25) is 5.91 Å². The molecule has 18 heavy (non-hydrogen) atoms. The number of carbonyl (C=O) groups excluding carboxylic acids is 1. The summed E-state index contributed by atoms with van der Waals surface area (Å²) in [5.41, 5.74) is 6.60. The number of amides is 1. The van der Waals surface area contributed by atoms with Gasteiger partial charge in [-0.05, 0) is 43.0 Å². The molecule has 0 aromatic heterocycles. The van der Waals surface area contributed by atoms with Crippen molar-refractivity contribution in [1.82, 2.24) is 4.90 Å². The Hall–Kier alpha value is -1.42. The van der Waals surface area contributed by atoms with Crippen molar-refractivity contribution in [3.63, 3.8) is 0 Å². The van der Waals surface area contributed by atoms with Crippen LogP contribution in [0.5, 0.6) is 0 Å². The van der Waals surface area contributed by atoms with E-state index in [1.807, 2.05) is 4.90 Å². The Morgan fingerprint density at radius 2 is 2.11 bits per heavy atom. The fraction of sp³-hybridized carbons (Fsp3) is 0.500. The van der Waals surface area contributed by atoms with Crippen LogP contribution in [0.15, 0.2) is 24.3 Å². The highest BCUT2D eigenvalue weighted by molar-refractivity contribution is 5.76. The standard InChI is InChI=1S/C14H19FN2O/c15-13-4-1-11(2-5-13)3-6-14(18)17-8-7-12(9-16)10-17/h1-2,4-5,12H,3,6-10,16H2. The van der Waals surface area contributed by atoms with Gasteiger partial charge in [0.05, 0.1) is 0 Å². The second-order valence-electron chi connectivity index (χ2n) is 4.86. The molecule has 1 aliphatic rings. The average Bonchev–Trinajstić information content (AvgIpc) is 2.86. The molecule has 0 saturated carbocycles. The molecule has 0 spiro atoms. The van der Waals surface area contributed by atoms with E-state index in [2.05, 4.69) is 0 Å². The zero-order chi connectivity index (χ0) is 13.0. The van der Waals surface area contributed by atoms with Crippen LogP contribution in [0, 0.1) is 11.7 Å². The van der Waals surface area contributed by atoms with Crippen LogP contribution in [0.3, 0.4) is 0 Å². The van der Waals surface area contributed by atoms with Crippen molar-refractivity contribution in [1.29, 1.82) is 0 Å². The average molecular weight is 250 g/mol. The van der Waals surface area contributed by atoms with Gasteiger partial charge in [0.25, 0.3) is 0 Å². The van der Waals surface area contributed by atoms with Crippen molar-refractivity contribution < 1.29 is 9.18 Å². The molecule has 2 N–H and O–H groups in total. The van der Waals surface area contributed by atoms with E-state index in [4.69, 9.17) is 5.73 Å². The molecule has 1 atom stereocenters. The maximum absolute atomic E-state index is 12.7. The predicted octanol–water partition coefficient (Wildman–Crippen LogP) is 1.57. The van der Waals surface area contributed by atoms with E-state index < -0.39 is 0 Å². The molecule has 1 heterocycles. The first-order chi connectivity index (χ1) is 8.69. The SMILES string of the molecule is NCC1CCN(C(=O)CCc2ccc(F)cc2)C1. The summed E-state index contributed by atoms with van der Waals surface area (Å²) in [4.78, 5) is 13.8. The van der Waals surface area contributed by atoms with Gasteiger partial charge in [0.1, 0.15) is 5.82 Å². The lowest BCUT2D eigenvalue weighted by Crippen LogP contribution is -2.29. The summed E-state index contributed by atoms with van der Waals surface area (Å²) in [6, 6.07) is 6.32. The first kappa shape index (κ1) is 13.0. The Morgan fingerprint density at radius 3 is 2.72 bits per heavy atom. The molecule has 2 rings (SSSR count). The molecule has 1 unspecified atom stereocenters.